The fraction of sp³-hybridized carbons (Fsp3) is 0.407. The Bertz CT molecular complexity index is 1300. The highest BCUT2D eigenvalue weighted by atomic mass is 28.3. The number of nitriles is 1. The van der Waals surface area contributed by atoms with Crippen LogP contribution in [0.5, 0.6) is 0 Å². The Balaban J connectivity index is 1.61. The molecule has 0 bridgehead atoms. The molecule has 2 aromatic heterocycles. The number of carbonyl (C=O) groups excluding carboxylic acids is 1. The number of rotatable bonds is 9. The van der Waals surface area contributed by atoms with Crippen molar-refractivity contribution in [3.05, 3.63) is 65.5 Å². The van der Waals surface area contributed by atoms with Gasteiger partial charge in [-0.2, -0.15) is 10.4 Å². The number of aromatic nitrogens is 3. The average Bonchev–Trinajstić information content (AvgIpc) is 3.19. The first-order valence-electron chi connectivity index (χ1n) is 12.4. The number of nitrogens with zero attached hydrogens (tertiary/aromatic N) is 5. The van der Waals surface area contributed by atoms with Gasteiger partial charge in [0.2, 0.25) is 5.91 Å². The molecule has 1 aliphatic rings. The molecule has 1 aliphatic heterocycles. The van der Waals surface area contributed by atoms with Crippen molar-refractivity contribution in [2.24, 2.45) is 5.92 Å². The van der Waals surface area contributed by atoms with E-state index < -0.39 is 25.6 Å². The van der Waals surface area contributed by atoms with Crippen molar-refractivity contribution in [3.8, 4) is 17.3 Å². The van der Waals surface area contributed by atoms with E-state index in [1.54, 1.807) is 36.7 Å². The van der Waals surface area contributed by atoms with E-state index in [0.29, 0.717) is 43.5 Å². The van der Waals surface area contributed by atoms with Crippen molar-refractivity contribution in [2.75, 3.05) is 18.1 Å². The number of amides is 1. The first kappa shape index (κ1) is 26.6. The zero-order valence-corrected chi connectivity index (χ0v) is 22.4. The highest BCUT2D eigenvalue weighted by Gasteiger charge is 2.35. The Hall–Kier alpha value is -3.42. The molecule has 1 fully saturated rings. The van der Waals surface area contributed by atoms with Gasteiger partial charge < -0.3 is 4.74 Å². The van der Waals surface area contributed by atoms with Gasteiger partial charge in [-0.05, 0) is 55.1 Å². The number of anilines is 1. The molecule has 7 nitrogen and oxygen atoms in total. The minimum absolute atomic E-state index is 0.0249. The fourth-order valence-electron chi connectivity index (χ4n) is 4.41. The molecule has 1 amide bonds. The minimum atomic E-state index is -1.31. The standard InChI is InChI=1S/C27H31F2N5O2Si/c1-37(2,3)14-13-36-18-34-26(24(29)25(32-34)20-8-10-31-11-9-20)33-12-4-5-21(27(33)35)15-19-6-7-22(17-30)23(28)16-19/h6-11,16,21H,4-5,12-15,18H2,1-3H3. The Morgan fingerprint density at radius 3 is 2.62 bits per heavy atom. The maximum absolute atomic E-state index is 15.9. The smallest absolute Gasteiger partial charge is 0.231 e. The third-order valence-corrected chi connectivity index (χ3v) is 8.18. The Morgan fingerprint density at radius 2 is 1.95 bits per heavy atom. The van der Waals surface area contributed by atoms with Crippen LogP contribution in [-0.4, -0.2) is 41.9 Å². The molecule has 0 saturated carbocycles. The van der Waals surface area contributed by atoms with E-state index in [-0.39, 0.29) is 29.7 Å². The van der Waals surface area contributed by atoms with E-state index in [2.05, 4.69) is 29.7 Å². The van der Waals surface area contributed by atoms with Crippen LogP contribution in [0, 0.1) is 28.9 Å². The number of benzene rings is 1. The number of hydrogen-bond donors (Lipinski definition) is 0. The first-order valence-corrected chi connectivity index (χ1v) is 16.1. The van der Waals surface area contributed by atoms with Gasteiger partial charge in [-0.1, -0.05) is 25.7 Å². The Kier molecular flexibility index (Phi) is 8.15. The lowest BCUT2D eigenvalue weighted by Crippen LogP contribution is -2.43. The van der Waals surface area contributed by atoms with Gasteiger partial charge in [0.05, 0.1) is 5.56 Å². The maximum Gasteiger partial charge on any atom is 0.231 e. The molecule has 1 aromatic carbocycles. The minimum Gasteiger partial charge on any atom is -0.359 e. The van der Waals surface area contributed by atoms with Crippen LogP contribution < -0.4 is 4.90 Å². The lowest BCUT2D eigenvalue weighted by Gasteiger charge is -2.32. The summed E-state index contributed by atoms with van der Waals surface area (Å²) in [5.74, 6) is -1.79. The summed E-state index contributed by atoms with van der Waals surface area (Å²) in [6, 6.07) is 10.5. The first-order chi connectivity index (χ1) is 17.7. The van der Waals surface area contributed by atoms with E-state index in [4.69, 9.17) is 10.00 Å². The van der Waals surface area contributed by atoms with E-state index in [9.17, 15) is 9.18 Å². The second-order valence-electron chi connectivity index (χ2n) is 10.5. The number of piperidine rings is 1. The van der Waals surface area contributed by atoms with Gasteiger partial charge >= 0.3 is 0 Å². The van der Waals surface area contributed by atoms with Crippen molar-refractivity contribution in [2.45, 2.75) is 51.7 Å². The summed E-state index contributed by atoms with van der Waals surface area (Å²) in [5.41, 5.74) is 1.28. The molecule has 1 saturated heterocycles. The summed E-state index contributed by atoms with van der Waals surface area (Å²) < 4.78 is 37.3. The molecular weight excluding hydrogens is 492 g/mol. The molecular formula is C27H31F2N5O2Si. The molecule has 0 radical (unpaired) electrons. The second-order valence-corrected chi connectivity index (χ2v) is 16.2. The maximum atomic E-state index is 15.9. The third kappa shape index (κ3) is 6.29. The Morgan fingerprint density at radius 1 is 1.19 bits per heavy atom. The molecule has 0 aliphatic carbocycles. The summed E-state index contributed by atoms with van der Waals surface area (Å²) in [6.45, 7) is 7.67. The monoisotopic (exact) mass is 523 g/mol. The summed E-state index contributed by atoms with van der Waals surface area (Å²) in [7, 11) is -1.31. The van der Waals surface area contributed by atoms with Crippen LogP contribution in [0.4, 0.5) is 14.6 Å². The van der Waals surface area contributed by atoms with Crippen molar-refractivity contribution >= 4 is 19.8 Å². The molecule has 0 N–H and O–H groups in total. The van der Waals surface area contributed by atoms with Crippen LogP contribution in [-0.2, 0) is 22.7 Å². The van der Waals surface area contributed by atoms with Crippen LogP contribution >= 0.6 is 0 Å². The van der Waals surface area contributed by atoms with E-state index in [1.165, 1.54) is 21.7 Å². The fourth-order valence-corrected chi connectivity index (χ4v) is 5.17. The van der Waals surface area contributed by atoms with E-state index in [1.807, 2.05) is 0 Å². The van der Waals surface area contributed by atoms with Gasteiger partial charge in [-0.25, -0.2) is 13.5 Å². The zero-order valence-electron chi connectivity index (χ0n) is 21.4. The normalized spacial score (nSPS) is 16.2. The molecule has 1 unspecified atom stereocenters. The summed E-state index contributed by atoms with van der Waals surface area (Å²) in [6.07, 6.45) is 4.71. The molecule has 0 spiro atoms. The molecule has 3 aromatic rings. The molecule has 4 rings (SSSR count). The van der Waals surface area contributed by atoms with Crippen LogP contribution in [0.3, 0.4) is 0 Å². The van der Waals surface area contributed by atoms with Crippen LogP contribution in [0.15, 0.2) is 42.7 Å². The number of ether oxygens (including phenoxy) is 1. The predicted octanol–water partition coefficient (Wildman–Crippen LogP) is 5.39. The summed E-state index contributed by atoms with van der Waals surface area (Å²) in [5, 5.41) is 13.5. The third-order valence-electron chi connectivity index (χ3n) is 6.47. The number of halogens is 2. The van der Waals surface area contributed by atoms with Gasteiger partial charge in [0.25, 0.3) is 0 Å². The van der Waals surface area contributed by atoms with Gasteiger partial charge in [0, 0.05) is 45.1 Å². The van der Waals surface area contributed by atoms with E-state index in [0.717, 1.165) is 6.04 Å². The summed E-state index contributed by atoms with van der Waals surface area (Å²) in [4.78, 5) is 19.0. The van der Waals surface area contributed by atoms with Crippen LogP contribution in [0.25, 0.3) is 11.3 Å². The van der Waals surface area contributed by atoms with Gasteiger partial charge in [-0.15, -0.1) is 0 Å². The van der Waals surface area contributed by atoms with Crippen LogP contribution in [0.1, 0.15) is 24.0 Å². The SMILES string of the molecule is C[Si](C)(C)CCOCn1nc(-c2ccncc2)c(F)c1N1CCCC(Cc2ccc(C#N)c(F)c2)C1=O. The number of pyridine rings is 1. The summed E-state index contributed by atoms with van der Waals surface area (Å²) >= 11 is 0. The number of hydrogen-bond acceptors (Lipinski definition) is 5. The van der Waals surface area contributed by atoms with Crippen LogP contribution in [0.2, 0.25) is 25.7 Å². The van der Waals surface area contributed by atoms with Gasteiger partial charge in [0.1, 0.15) is 24.3 Å². The number of carbonyl (C=O) groups is 1. The van der Waals surface area contributed by atoms with Crippen molar-refractivity contribution < 1.29 is 18.3 Å². The van der Waals surface area contributed by atoms with E-state index >= 15 is 4.39 Å². The zero-order chi connectivity index (χ0) is 26.6. The topological polar surface area (TPSA) is 84.0 Å². The second kappa shape index (κ2) is 11.3. The highest BCUT2D eigenvalue weighted by molar-refractivity contribution is 6.76. The molecule has 1 atom stereocenters. The van der Waals surface area contributed by atoms with Crippen molar-refractivity contribution in [1.82, 2.24) is 14.8 Å². The lowest BCUT2D eigenvalue weighted by molar-refractivity contribution is -0.123. The van der Waals surface area contributed by atoms with Crippen molar-refractivity contribution in [1.29, 1.82) is 5.26 Å². The van der Waals surface area contributed by atoms with Gasteiger partial charge in [-0.3, -0.25) is 14.7 Å². The van der Waals surface area contributed by atoms with Gasteiger partial charge in [0.15, 0.2) is 11.6 Å². The predicted molar refractivity (Wildman–Crippen MR) is 139 cm³/mol. The average molecular weight is 524 g/mol. The molecule has 3 heterocycles. The lowest BCUT2D eigenvalue weighted by atomic mass is 9.90. The molecule has 10 heteroatoms. The Labute approximate surface area is 216 Å². The highest BCUT2D eigenvalue weighted by Crippen LogP contribution is 2.34. The molecule has 194 valence electrons. The van der Waals surface area contributed by atoms with Crippen molar-refractivity contribution in [3.63, 3.8) is 0 Å². The molecule has 37 heavy (non-hydrogen) atoms. The largest absolute Gasteiger partial charge is 0.359 e. The quantitative estimate of drug-likeness (QED) is 0.277.